The molecule has 2 aliphatic rings. The molecule has 0 atom stereocenters. The highest BCUT2D eigenvalue weighted by Crippen LogP contribution is 2.35. The molecule has 3 amide bonds. The summed E-state index contributed by atoms with van der Waals surface area (Å²) in [7, 11) is 0. The molecule has 2 aromatic carbocycles. The third-order valence-electron chi connectivity index (χ3n) is 8.16. The molecule has 0 bridgehead atoms. The number of fused-ring (bicyclic) bond motifs is 1. The Morgan fingerprint density at radius 1 is 0.933 bits per heavy atom. The maximum absolute atomic E-state index is 15.0. The van der Waals surface area contributed by atoms with Gasteiger partial charge in [-0.2, -0.15) is 9.49 Å². The fraction of sp³-hybridized carbons (Fsp3) is 0.250. The second-order valence-corrected chi connectivity index (χ2v) is 11.1. The first-order valence-corrected chi connectivity index (χ1v) is 14.7. The molecule has 2 aliphatic heterocycles. The number of nitrogens with zero attached hydrogens (tertiary/aromatic N) is 7. The highest BCUT2D eigenvalue weighted by atomic mass is 19.1. The van der Waals surface area contributed by atoms with Gasteiger partial charge in [-0.25, -0.2) is 24.4 Å². The monoisotopic (exact) mass is 607 g/mol. The molecule has 0 radical (unpaired) electrons. The van der Waals surface area contributed by atoms with Crippen molar-refractivity contribution < 1.29 is 18.7 Å². The summed E-state index contributed by atoms with van der Waals surface area (Å²) in [5, 5.41) is 7.93. The molecule has 5 aromatic rings. The van der Waals surface area contributed by atoms with Gasteiger partial charge in [-0.05, 0) is 61.4 Å². The highest BCUT2D eigenvalue weighted by molar-refractivity contribution is 6.05. The number of nitrogen functional groups attached to an aromatic ring is 1. The lowest BCUT2D eigenvalue weighted by atomic mass is 10.0. The normalized spacial score (nSPS) is 16.2. The van der Waals surface area contributed by atoms with Crippen LogP contribution in [-0.4, -0.2) is 61.2 Å². The van der Waals surface area contributed by atoms with Crippen LogP contribution >= 0.6 is 0 Å². The molecule has 0 aliphatic carbocycles. The molecule has 228 valence electrons. The van der Waals surface area contributed by atoms with Crippen LogP contribution in [0, 0.1) is 5.95 Å². The summed E-state index contributed by atoms with van der Waals surface area (Å²) in [6, 6.07) is 20.0. The molecule has 2 fully saturated rings. The Morgan fingerprint density at radius 2 is 1.69 bits per heavy atom. The van der Waals surface area contributed by atoms with E-state index in [1.807, 2.05) is 59.3 Å². The predicted molar refractivity (Wildman–Crippen MR) is 165 cm³/mol. The lowest BCUT2D eigenvalue weighted by molar-refractivity contribution is -0.120. The third kappa shape index (κ3) is 5.77. The van der Waals surface area contributed by atoms with E-state index in [0.29, 0.717) is 53.5 Å². The van der Waals surface area contributed by atoms with E-state index in [2.05, 4.69) is 25.2 Å². The third-order valence-corrected chi connectivity index (χ3v) is 8.16. The van der Waals surface area contributed by atoms with Crippen LogP contribution in [-0.2, 0) is 11.3 Å². The number of likely N-dealkylation sites (tertiary alicyclic amines) is 1. The molecule has 0 spiro atoms. The van der Waals surface area contributed by atoms with Gasteiger partial charge in [0.05, 0.1) is 11.4 Å². The van der Waals surface area contributed by atoms with Gasteiger partial charge in [-0.15, -0.1) is 0 Å². The first-order chi connectivity index (χ1) is 21.9. The lowest BCUT2D eigenvalue weighted by Gasteiger charge is -2.32. The zero-order valence-electron chi connectivity index (χ0n) is 24.3. The maximum atomic E-state index is 15.0. The second-order valence-electron chi connectivity index (χ2n) is 11.1. The summed E-state index contributed by atoms with van der Waals surface area (Å²) in [6.45, 7) is 1.98. The smallest absolute Gasteiger partial charge is 0.329 e. The van der Waals surface area contributed by atoms with E-state index >= 15 is 4.39 Å². The second kappa shape index (κ2) is 11.9. The standard InChI is InChI=1S/C32H30FN9O3/c33-29-21(8-11-25(37-29)41-17-14-26(43)38-32(41)44)18-40-15-12-22(13-16-40)42-31-27(30(34)35-19-36-31)28(39-42)20-6-9-24(10-7-20)45-23-4-2-1-3-5-23/h1-11,19,22H,12-18H2,(H2,34,35,36)(H,38,43,44). The minimum Gasteiger partial charge on any atom is -0.457 e. The Balaban J connectivity index is 1.05. The Bertz CT molecular complexity index is 1870. The minimum absolute atomic E-state index is 0.0677. The van der Waals surface area contributed by atoms with Crippen molar-refractivity contribution in [3.8, 4) is 22.8 Å². The number of halogens is 1. The van der Waals surface area contributed by atoms with Gasteiger partial charge in [0, 0.05) is 43.7 Å². The van der Waals surface area contributed by atoms with Crippen LogP contribution in [0.5, 0.6) is 11.5 Å². The van der Waals surface area contributed by atoms with Crippen molar-refractivity contribution in [2.24, 2.45) is 0 Å². The summed E-state index contributed by atoms with van der Waals surface area (Å²) < 4.78 is 22.9. The summed E-state index contributed by atoms with van der Waals surface area (Å²) >= 11 is 0. The van der Waals surface area contributed by atoms with Crippen molar-refractivity contribution in [2.75, 3.05) is 30.3 Å². The Kier molecular flexibility index (Phi) is 7.51. The van der Waals surface area contributed by atoms with E-state index in [0.717, 1.165) is 24.2 Å². The maximum Gasteiger partial charge on any atom is 0.329 e. The number of hydrogen-bond acceptors (Lipinski definition) is 9. The average Bonchev–Trinajstić information content (AvgIpc) is 3.44. The molecule has 0 unspecified atom stereocenters. The minimum atomic E-state index is -0.630. The number of imide groups is 1. The summed E-state index contributed by atoms with van der Waals surface area (Å²) in [6.07, 6.45) is 3.15. The molecular formula is C32H30FN9O3. The number of nitrogens with one attached hydrogen (secondary N) is 1. The van der Waals surface area contributed by atoms with Gasteiger partial charge in [0.2, 0.25) is 11.9 Å². The molecule has 5 heterocycles. The number of benzene rings is 2. The molecular weight excluding hydrogens is 577 g/mol. The number of hydrogen-bond donors (Lipinski definition) is 2. The number of piperidine rings is 1. The van der Waals surface area contributed by atoms with E-state index in [1.54, 1.807) is 12.1 Å². The lowest BCUT2D eigenvalue weighted by Crippen LogP contribution is -2.50. The van der Waals surface area contributed by atoms with Crippen LogP contribution < -0.4 is 20.7 Å². The summed E-state index contributed by atoms with van der Waals surface area (Å²) in [5.41, 5.74) is 9.04. The van der Waals surface area contributed by atoms with Crippen molar-refractivity contribution in [3.05, 3.63) is 84.6 Å². The van der Waals surface area contributed by atoms with Crippen LogP contribution in [0.3, 0.4) is 0 Å². The van der Waals surface area contributed by atoms with Crippen LogP contribution in [0.25, 0.3) is 22.3 Å². The van der Waals surface area contributed by atoms with E-state index in [-0.39, 0.29) is 30.7 Å². The SMILES string of the molecule is Nc1ncnc2c1c(-c1ccc(Oc3ccccc3)cc1)nn2C1CCN(Cc2ccc(N3CCC(=O)NC3=O)nc2F)CC1. The fourth-order valence-corrected chi connectivity index (χ4v) is 5.82. The number of pyridine rings is 1. The summed E-state index contributed by atoms with van der Waals surface area (Å²) in [5.74, 6) is 1.03. The van der Waals surface area contributed by atoms with Crippen molar-refractivity contribution >= 4 is 34.6 Å². The number of carbonyl (C=O) groups excluding carboxylic acids is 2. The van der Waals surface area contributed by atoms with Crippen molar-refractivity contribution in [3.63, 3.8) is 0 Å². The van der Waals surface area contributed by atoms with E-state index in [9.17, 15) is 9.59 Å². The molecule has 3 aromatic heterocycles. The molecule has 7 rings (SSSR count). The van der Waals surface area contributed by atoms with Gasteiger partial charge in [-0.1, -0.05) is 18.2 Å². The number of nitrogens with two attached hydrogens (primary N) is 1. The molecule has 3 N–H and O–H groups in total. The number of amides is 3. The molecule has 2 saturated heterocycles. The number of urea groups is 1. The van der Waals surface area contributed by atoms with E-state index in [1.165, 1.54) is 11.2 Å². The predicted octanol–water partition coefficient (Wildman–Crippen LogP) is 4.69. The zero-order chi connectivity index (χ0) is 30.9. The molecule has 12 nitrogen and oxygen atoms in total. The van der Waals surface area contributed by atoms with Crippen LogP contribution in [0.2, 0.25) is 0 Å². The number of rotatable bonds is 7. The zero-order valence-corrected chi connectivity index (χ0v) is 24.3. The van der Waals surface area contributed by atoms with Crippen LogP contribution in [0.1, 0.15) is 30.9 Å². The van der Waals surface area contributed by atoms with Gasteiger partial charge in [0.1, 0.15) is 35.2 Å². The van der Waals surface area contributed by atoms with Crippen LogP contribution in [0.15, 0.2) is 73.1 Å². The number of aromatic nitrogens is 5. The Morgan fingerprint density at radius 3 is 2.42 bits per heavy atom. The van der Waals surface area contributed by atoms with E-state index < -0.39 is 12.0 Å². The Labute approximate surface area is 257 Å². The molecule has 0 saturated carbocycles. The fourth-order valence-electron chi connectivity index (χ4n) is 5.82. The quantitative estimate of drug-likeness (QED) is 0.252. The number of carbonyl (C=O) groups is 2. The highest BCUT2D eigenvalue weighted by Gasteiger charge is 2.28. The van der Waals surface area contributed by atoms with Gasteiger partial charge < -0.3 is 10.5 Å². The Hall–Kier alpha value is -5.43. The number of para-hydroxylation sites is 1. The topological polar surface area (TPSA) is 144 Å². The largest absolute Gasteiger partial charge is 0.457 e. The van der Waals surface area contributed by atoms with Crippen molar-refractivity contribution in [2.45, 2.75) is 31.8 Å². The first-order valence-electron chi connectivity index (χ1n) is 14.7. The first kappa shape index (κ1) is 28.3. The van der Waals surface area contributed by atoms with Crippen molar-refractivity contribution in [1.29, 1.82) is 0 Å². The summed E-state index contributed by atoms with van der Waals surface area (Å²) in [4.78, 5) is 39.8. The molecule has 13 heteroatoms. The average molecular weight is 608 g/mol. The van der Waals surface area contributed by atoms with E-state index in [4.69, 9.17) is 15.6 Å². The van der Waals surface area contributed by atoms with Gasteiger partial charge in [0.15, 0.2) is 5.65 Å². The number of anilines is 2. The molecule has 45 heavy (non-hydrogen) atoms. The number of ether oxygens (including phenoxy) is 1. The van der Waals surface area contributed by atoms with Gasteiger partial charge in [0.25, 0.3) is 0 Å². The van der Waals surface area contributed by atoms with Gasteiger partial charge in [-0.3, -0.25) is 19.9 Å². The van der Waals surface area contributed by atoms with Crippen LogP contribution in [0.4, 0.5) is 20.8 Å². The van der Waals surface area contributed by atoms with Gasteiger partial charge >= 0.3 is 6.03 Å². The van der Waals surface area contributed by atoms with Crippen molar-refractivity contribution in [1.82, 2.24) is 34.9 Å².